The zero-order chi connectivity index (χ0) is 23.4. The number of amides is 1. The van der Waals surface area contributed by atoms with E-state index in [1.54, 1.807) is 24.3 Å². The van der Waals surface area contributed by atoms with Gasteiger partial charge in [-0.1, -0.05) is 29.8 Å². The standard InChI is InChI=1S/C23H15BrClN3O4S/c24-18-9-14(5-7-20(18)32-13-15-3-1-2-4-19(15)25)12-26-27-23(29)22-11-16-10-17(28(30)31)6-8-21(16)33-22/h1-12H,13H2,(H,27,29)/b26-12-. The lowest BCUT2D eigenvalue weighted by Crippen LogP contribution is -2.16. The van der Waals surface area contributed by atoms with Crippen molar-refractivity contribution in [1.29, 1.82) is 0 Å². The molecular weight excluding hydrogens is 530 g/mol. The van der Waals surface area contributed by atoms with Crippen LogP contribution in [0.15, 0.2) is 76.3 Å². The highest BCUT2D eigenvalue weighted by molar-refractivity contribution is 9.10. The van der Waals surface area contributed by atoms with E-state index < -0.39 is 10.8 Å². The summed E-state index contributed by atoms with van der Waals surface area (Å²) in [5.41, 5.74) is 4.09. The number of nitro benzene ring substituents is 1. The molecule has 0 spiro atoms. The van der Waals surface area contributed by atoms with Crippen LogP contribution in [0.2, 0.25) is 5.02 Å². The van der Waals surface area contributed by atoms with E-state index >= 15 is 0 Å². The normalized spacial score (nSPS) is 11.1. The van der Waals surface area contributed by atoms with Gasteiger partial charge in [0.05, 0.1) is 20.5 Å². The number of carbonyl (C=O) groups excluding carboxylic acids is 1. The maximum atomic E-state index is 12.4. The first-order valence-electron chi connectivity index (χ1n) is 9.58. The van der Waals surface area contributed by atoms with Crippen molar-refractivity contribution >= 4 is 66.8 Å². The first-order valence-corrected chi connectivity index (χ1v) is 11.6. The molecule has 33 heavy (non-hydrogen) atoms. The lowest BCUT2D eigenvalue weighted by Gasteiger charge is -2.10. The number of carbonyl (C=O) groups is 1. The molecule has 7 nitrogen and oxygen atoms in total. The molecule has 4 rings (SSSR count). The number of thiophene rings is 1. The summed E-state index contributed by atoms with van der Waals surface area (Å²) in [5, 5.41) is 16.2. The molecule has 1 aromatic heterocycles. The van der Waals surface area contributed by atoms with Crippen LogP contribution < -0.4 is 10.2 Å². The molecule has 0 fully saturated rings. The Balaban J connectivity index is 1.38. The number of nitrogens with one attached hydrogen (secondary N) is 1. The molecule has 10 heteroatoms. The minimum Gasteiger partial charge on any atom is -0.488 e. The Labute approximate surface area is 205 Å². The highest BCUT2D eigenvalue weighted by atomic mass is 79.9. The lowest BCUT2D eigenvalue weighted by atomic mass is 10.2. The highest BCUT2D eigenvalue weighted by Crippen LogP contribution is 2.29. The van der Waals surface area contributed by atoms with Crippen molar-refractivity contribution in [2.75, 3.05) is 0 Å². The van der Waals surface area contributed by atoms with Gasteiger partial charge in [0, 0.05) is 32.8 Å². The van der Waals surface area contributed by atoms with E-state index in [1.807, 2.05) is 30.3 Å². The van der Waals surface area contributed by atoms with Gasteiger partial charge < -0.3 is 4.74 Å². The molecule has 4 aromatic rings. The maximum absolute atomic E-state index is 12.4. The SMILES string of the molecule is O=C(N/N=C\c1ccc(OCc2ccccc2Cl)c(Br)c1)c1cc2cc([N+](=O)[O-])ccc2s1. The summed E-state index contributed by atoms with van der Waals surface area (Å²) in [4.78, 5) is 23.3. The summed E-state index contributed by atoms with van der Waals surface area (Å²) >= 11 is 10.9. The second-order valence-electron chi connectivity index (χ2n) is 6.86. The van der Waals surface area contributed by atoms with Crippen LogP contribution >= 0.6 is 38.9 Å². The number of hydrogen-bond acceptors (Lipinski definition) is 6. The smallest absolute Gasteiger partial charge is 0.281 e. The molecule has 0 aliphatic heterocycles. The summed E-state index contributed by atoms with van der Waals surface area (Å²) in [6.45, 7) is 0.333. The molecule has 0 radical (unpaired) electrons. The van der Waals surface area contributed by atoms with Crippen LogP contribution in [0.4, 0.5) is 5.69 Å². The third-order valence-electron chi connectivity index (χ3n) is 4.61. The van der Waals surface area contributed by atoms with Crippen LogP contribution in [0.5, 0.6) is 5.75 Å². The van der Waals surface area contributed by atoms with Gasteiger partial charge in [0.1, 0.15) is 12.4 Å². The molecule has 0 saturated carbocycles. The van der Waals surface area contributed by atoms with Gasteiger partial charge in [0.15, 0.2) is 0 Å². The zero-order valence-corrected chi connectivity index (χ0v) is 20.0. The molecule has 1 amide bonds. The number of non-ortho nitro benzene ring substituents is 1. The number of hydrogen-bond donors (Lipinski definition) is 1. The average molecular weight is 545 g/mol. The molecule has 0 aliphatic carbocycles. The predicted molar refractivity (Wildman–Crippen MR) is 133 cm³/mol. The molecule has 0 saturated heterocycles. The van der Waals surface area contributed by atoms with E-state index in [-0.39, 0.29) is 5.69 Å². The molecule has 166 valence electrons. The Morgan fingerprint density at radius 2 is 2.00 bits per heavy atom. The fourth-order valence-electron chi connectivity index (χ4n) is 2.96. The minimum atomic E-state index is -0.466. The van der Waals surface area contributed by atoms with Crippen LogP contribution in [-0.4, -0.2) is 17.0 Å². The number of ether oxygens (including phenoxy) is 1. The first-order chi connectivity index (χ1) is 15.9. The van der Waals surface area contributed by atoms with Gasteiger partial charge >= 0.3 is 0 Å². The van der Waals surface area contributed by atoms with Crippen molar-refractivity contribution in [3.8, 4) is 5.75 Å². The van der Waals surface area contributed by atoms with Crippen LogP contribution in [0, 0.1) is 10.1 Å². The topological polar surface area (TPSA) is 93.8 Å². The molecule has 0 bridgehead atoms. The van der Waals surface area contributed by atoms with E-state index in [0.717, 1.165) is 20.3 Å². The van der Waals surface area contributed by atoms with Gasteiger partial charge in [0.2, 0.25) is 0 Å². The molecule has 0 atom stereocenters. The predicted octanol–water partition coefficient (Wildman–Crippen LogP) is 6.57. The highest BCUT2D eigenvalue weighted by Gasteiger charge is 2.13. The first kappa shape index (κ1) is 22.9. The van der Waals surface area contributed by atoms with Crippen molar-refractivity contribution in [2.45, 2.75) is 6.61 Å². The lowest BCUT2D eigenvalue weighted by molar-refractivity contribution is -0.384. The fraction of sp³-hybridized carbons (Fsp3) is 0.0435. The summed E-state index contributed by atoms with van der Waals surface area (Å²) in [5.74, 6) is 0.254. The van der Waals surface area contributed by atoms with Crippen LogP contribution in [-0.2, 0) is 6.61 Å². The molecule has 0 aliphatic rings. The summed E-state index contributed by atoms with van der Waals surface area (Å²) in [7, 11) is 0. The molecular formula is C23H15BrClN3O4S. The van der Waals surface area contributed by atoms with Crippen LogP contribution in [0.3, 0.4) is 0 Å². The second-order valence-corrected chi connectivity index (χ2v) is 9.20. The Morgan fingerprint density at radius 3 is 2.76 bits per heavy atom. The van der Waals surface area contributed by atoms with Gasteiger partial charge in [-0.2, -0.15) is 5.10 Å². The number of nitro groups is 1. The number of nitrogens with zero attached hydrogens (tertiary/aromatic N) is 2. The second kappa shape index (κ2) is 10.1. The molecule has 1 heterocycles. The average Bonchev–Trinajstić information content (AvgIpc) is 3.23. The zero-order valence-electron chi connectivity index (χ0n) is 16.8. The number of hydrazone groups is 1. The van der Waals surface area contributed by atoms with Gasteiger partial charge in [-0.05, 0) is 57.9 Å². The van der Waals surface area contributed by atoms with Gasteiger partial charge in [0.25, 0.3) is 11.6 Å². The monoisotopic (exact) mass is 543 g/mol. The number of halogens is 2. The Hall–Kier alpha value is -3.27. The summed E-state index contributed by atoms with van der Waals surface area (Å²) in [6.07, 6.45) is 1.51. The van der Waals surface area contributed by atoms with Crippen molar-refractivity contribution in [3.05, 3.63) is 102 Å². The maximum Gasteiger partial charge on any atom is 0.281 e. The molecule has 0 unspecified atom stereocenters. The fourth-order valence-corrected chi connectivity index (χ4v) is 4.60. The third kappa shape index (κ3) is 5.57. The van der Waals surface area contributed by atoms with Gasteiger partial charge in [-0.3, -0.25) is 14.9 Å². The number of benzene rings is 3. The van der Waals surface area contributed by atoms with Crippen molar-refractivity contribution in [3.63, 3.8) is 0 Å². The summed E-state index contributed by atoms with van der Waals surface area (Å²) < 4.78 is 7.34. The number of rotatable bonds is 7. The van der Waals surface area contributed by atoms with Gasteiger partial charge in [-0.15, -0.1) is 11.3 Å². The van der Waals surface area contributed by atoms with Crippen molar-refractivity contribution in [1.82, 2.24) is 5.43 Å². The van der Waals surface area contributed by atoms with Crippen LogP contribution in [0.25, 0.3) is 10.1 Å². The van der Waals surface area contributed by atoms with E-state index in [2.05, 4.69) is 26.5 Å². The molecule has 1 N–H and O–H groups in total. The number of fused-ring (bicyclic) bond motifs is 1. The van der Waals surface area contributed by atoms with E-state index in [0.29, 0.717) is 27.6 Å². The molecule has 3 aromatic carbocycles. The third-order valence-corrected chi connectivity index (χ3v) is 6.71. The van der Waals surface area contributed by atoms with Gasteiger partial charge in [-0.25, -0.2) is 5.43 Å². The largest absolute Gasteiger partial charge is 0.488 e. The van der Waals surface area contributed by atoms with Crippen molar-refractivity contribution in [2.24, 2.45) is 5.10 Å². The van der Waals surface area contributed by atoms with Crippen molar-refractivity contribution < 1.29 is 14.5 Å². The van der Waals surface area contributed by atoms with E-state index in [9.17, 15) is 14.9 Å². The minimum absolute atomic E-state index is 0.0184. The quantitative estimate of drug-likeness (QED) is 0.162. The summed E-state index contributed by atoms with van der Waals surface area (Å²) in [6, 6.07) is 19.0. The Kier molecular flexibility index (Phi) is 7.02. The Morgan fingerprint density at radius 1 is 1.18 bits per heavy atom. The van der Waals surface area contributed by atoms with E-state index in [4.69, 9.17) is 16.3 Å². The Bertz CT molecular complexity index is 1390. The van der Waals surface area contributed by atoms with E-state index in [1.165, 1.54) is 29.7 Å². The van der Waals surface area contributed by atoms with Crippen LogP contribution in [0.1, 0.15) is 20.8 Å².